The van der Waals surface area contributed by atoms with Crippen molar-refractivity contribution < 1.29 is 23.9 Å². The Kier molecular flexibility index (Phi) is 15.4. The molecule has 0 aliphatic carbocycles. The SMILES string of the molecule is CO[C@@H](C[C@H](Cc1ccccc1)NC(=O)C(NC(=O)N(C)Cc1csc(C(C)C)n1)C(C)C)[C@H](Cc1ccccc1)NC(=O)OCc1cncs1. The average molecular weight is 735 g/mol. The number of benzene rings is 2. The summed E-state index contributed by atoms with van der Waals surface area (Å²) in [6.07, 6.45) is 1.98. The van der Waals surface area contributed by atoms with Crippen LogP contribution in [0.15, 0.2) is 77.8 Å². The zero-order chi connectivity index (χ0) is 36.8. The summed E-state index contributed by atoms with van der Waals surface area (Å²) >= 11 is 2.99. The molecule has 0 fully saturated rings. The van der Waals surface area contributed by atoms with Crippen molar-refractivity contribution in [2.24, 2.45) is 5.92 Å². The second kappa shape index (κ2) is 19.9. The van der Waals surface area contributed by atoms with Crippen molar-refractivity contribution in [1.82, 2.24) is 30.8 Å². The highest BCUT2D eigenvalue weighted by Crippen LogP contribution is 2.21. The van der Waals surface area contributed by atoms with Gasteiger partial charge in [0.2, 0.25) is 5.91 Å². The molecule has 0 saturated heterocycles. The number of methoxy groups -OCH3 is 1. The van der Waals surface area contributed by atoms with Gasteiger partial charge in [0, 0.05) is 37.7 Å². The maximum Gasteiger partial charge on any atom is 0.407 e. The summed E-state index contributed by atoms with van der Waals surface area (Å²) in [6, 6.07) is 17.7. The molecule has 0 saturated carbocycles. The van der Waals surface area contributed by atoms with Crippen molar-refractivity contribution in [1.29, 1.82) is 0 Å². The third kappa shape index (κ3) is 12.7. The van der Waals surface area contributed by atoms with Crippen molar-refractivity contribution in [3.63, 3.8) is 0 Å². The summed E-state index contributed by atoms with van der Waals surface area (Å²) in [5.74, 6) is -0.175. The molecule has 0 aliphatic heterocycles. The monoisotopic (exact) mass is 734 g/mol. The molecule has 4 amide bonds. The van der Waals surface area contributed by atoms with Crippen LogP contribution < -0.4 is 16.0 Å². The molecular formula is C38H50N6O5S2. The van der Waals surface area contributed by atoms with Gasteiger partial charge in [-0.3, -0.25) is 9.78 Å². The minimum atomic E-state index is -0.791. The minimum absolute atomic E-state index is 0.110. The standard InChI is InChI=1S/C38H50N6O5S2/c1-25(2)34(43-37(46)44(5)21-30-23-50-36(41-30)26(3)4)35(45)40-29(17-27-13-9-7-10-14-27)19-33(48-6)32(18-28-15-11-8-12-16-28)42-38(47)49-22-31-20-39-24-51-31/h7-16,20,23-26,29,32-34H,17-19,21-22H2,1-6H3,(H,40,45)(H,42,47)(H,43,46)/t29-,32-,33-,34?/m0/s1. The Morgan fingerprint density at radius 2 is 1.55 bits per heavy atom. The van der Waals surface area contributed by atoms with E-state index < -0.39 is 30.3 Å². The maximum absolute atomic E-state index is 14.0. The predicted molar refractivity (Wildman–Crippen MR) is 202 cm³/mol. The summed E-state index contributed by atoms with van der Waals surface area (Å²) in [6.45, 7) is 8.42. The largest absolute Gasteiger partial charge is 0.444 e. The predicted octanol–water partition coefficient (Wildman–Crippen LogP) is 6.56. The van der Waals surface area contributed by atoms with Crippen molar-refractivity contribution in [3.8, 4) is 0 Å². The van der Waals surface area contributed by atoms with E-state index in [1.54, 1.807) is 37.2 Å². The number of nitrogens with one attached hydrogen (secondary N) is 3. The maximum atomic E-state index is 14.0. The molecular weight excluding hydrogens is 685 g/mol. The number of thiazole rings is 2. The van der Waals surface area contributed by atoms with E-state index in [0.717, 1.165) is 26.7 Å². The lowest BCUT2D eigenvalue weighted by Crippen LogP contribution is -2.56. The normalized spacial score (nSPS) is 13.6. The molecule has 13 heteroatoms. The second-order valence-corrected chi connectivity index (χ2v) is 15.1. The molecule has 0 bridgehead atoms. The number of nitrogens with zero attached hydrogens (tertiary/aromatic N) is 3. The molecule has 0 radical (unpaired) electrons. The van der Waals surface area contributed by atoms with Crippen LogP contribution in [-0.4, -0.2) is 71.3 Å². The van der Waals surface area contributed by atoms with Crippen LogP contribution in [0.1, 0.15) is 66.7 Å². The first-order valence-electron chi connectivity index (χ1n) is 17.2. The summed E-state index contributed by atoms with van der Waals surface area (Å²) in [5.41, 5.74) is 4.55. The number of urea groups is 1. The first kappa shape index (κ1) is 39.5. The highest BCUT2D eigenvalue weighted by Gasteiger charge is 2.32. The number of rotatable bonds is 18. The van der Waals surface area contributed by atoms with Gasteiger partial charge in [-0.1, -0.05) is 88.4 Å². The van der Waals surface area contributed by atoms with Gasteiger partial charge in [-0.05, 0) is 36.3 Å². The molecule has 4 atom stereocenters. The van der Waals surface area contributed by atoms with Crippen LogP contribution in [0.3, 0.4) is 0 Å². The highest BCUT2D eigenvalue weighted by molar-refractivity contribution is 7.09. The van der Waals surface area contributed by atoms with Crippen LogP contribution in [0.5, 0.6) is 0 Å². The van der Waals surface area contributed by atoms with Crippen molar-refractivity contribution >= 4 is 40.7 Å². The van der Waals surface area contributed by atoms with Gasteiger partial charge in [-0.25, -0.2) is 14.6 Å². The molecule has 274 valence electrons. The Morgan fingerprint density at radius 1 is 0.882 bits per heavy atom. The summed E-state index contributed by atoms with van der Waals surface area (Å²) in [7, 11) is 3.30. The van der Waals surface area contributed by atoms with E-state index in [1.807, 2.05) is 79.9 Å². The molecule has 11 nitrogen and oxygen atoms in total. The van der Waals surface area contributed by atoms with E-state index in [0.29, 0.717) is 31.7 Å². The molecule has 3 N–H and O–H groups in total. The Hall–Kier alpha value is -4.33. The second-order valence-electron chi connectivity index (χ2n) is 13.2. The molecule has 1 unspecified atom stereocenters. The number of hydrogen-bond acceptors (Lipinski definition) is 9. The Balaban J connectivity index is 1.49. The number of hydrogen-bond donors (Lipinski definition) is 3. The Morgan fingerprint density at radius 3 is 2.12 bits per heavy atom. The lowest BCUT2D eigenvalue weighted by Gasteiger charge is -2.32. The molecule has 2 aromatic heterocycles. The fraction of sp³-hybridized carbons (Fsp3) is 0.447. The zero-order valence-corrected chi connectivity index (χ0v) is 31.8. The third-order valence-corrected chi connectivity index (χ3v) is 10.4. The van der Waals surface area contributed by atoms with Crippen molar-refractivity contribution in [2.75, 3.05) is 14.2 Å². The van der Waals surface area contributed by atoms with Gasteiger partial charge < -0.3 is 30.3 Å². The minimum Gasteiger partial charge on any atom is -0.444 e. The van der Waals surface area contributed by atoms with E-state index in [-0.39, 0.29) is 24.5 Å². The van der Waals surface area contributed by atoms with E-state index in [2.05, 4.69) is 39.8 Å². The van der Waals surface area contributed by atoms with Gasteiger partial charge in [0.05, 0.1) is 39.8 Å². The number of ether oxygens (including phenoxy) is 2. The van der Waals surface area contributed by atoms with Crippen LogP contribution in [0.2, 0.25) is 0 Å². The van der Waals surface area contributed by atoms with E-state index in [1.165, 1.54) is 16.2 Å². The topological polar surface area (TPSA) is 135 Å². The van der Waals surface area contributed by atoms with Gasteiger partial charge in [0.1, 0.15) is 12.6 Å². The van der Waals surface area contributed by atoms with Crippen LogP contribution >= 0.6 is 22.7 Å². The van der Waals surface area contributed by atoms with Gasteiger partial charge in [0.25, 0.3) is 0 Å². The molecule has 51 heavy (non-hydrogen) atoms. The summed E-state index contributed by atoms with van der Waals surface area (Å²) in [5, 5.41) is 12.2. The Labute approximate surface area is 309 Å². The van der Waals surface area contributed by atoms with Crippen LogP contribution in [-0.2, 0) is 40.3 Å². The van der Waals surface area contributed by atoms with Gasteiger partial charge in [-0.2, -0.15) is 0 Å². The van der Waals surface area contributed by atoms with Gasteiger partial charge >= 0.3 is 12.1 Å². The van der Waals surface area contributed by atoms with Gasteiger partial charge in [0.15, 0.2) is 0 Å². The molecule has 0 spiro atoms. The molecule has 2 heterocycles. The Bertz CT molecular complexity index is 1630. The lowest BCUT2D eigenvalue weighted by molar-refractivity contribution is -0.125. The smallest absolute Gasteiger partial charge is 0.407 e. The fourth-order valence-corrected chi connectivity index (χ4v) is 6.96. The third-order valence-electron chi connectivity index (χ3n) is 8.41. The summed E-state index contributed by atoms with van der Waals surface area (Å²) in [4.78, 5) is 51.5. The average Bonchev–Trinajstić information content (AvgIpc) is 3.82. The van der Waals surface area contributed by atoms with E-state index in [9.17, 15) is 14.4 Å². The molecule has 4 aromatic rings. The number of amides is 4. The zero-order valence-electron chi connectivity index (χ0n) is 30.2. The quantitative estimate of drug-likeness (QED) is 0.105. The van der Waals surface area contributed by atoms with Crippen LogP contribution in [0.4, 0.5) is 9.59 Å². The van der Waals surface area contributed by atoms with E-state index >= 15 is 0 Å². The van der Waals surface area contributed by atoms with Crippen molar-refractivity contribution in [3.05, 3.63) is 104 Å². The van der Waals surface area contributed by atoms with Crippen molar-refractivity contribution in [2.45, 2.75) is 90.3 Å². The number of aromatic nitrogens is 2. The number of carbonyl (C=O) groups excluding carboxylic acids is 3. The molecule has 2 aromatic carbocycles. The molecule has 0 aliphatic rings. The number of carbonyl (C=O) groups is 3. The van der Waals surface area contributed by atoms with Gasteiger partial charge in [-0.15, -0.1) is 22.7 Å². The fourth-order valence-electron chi connectivity index (χ4n) is 5.63. The number of alkyl carbamates (subject to hydrolysis) is 1. The lowest BCUT2D eigenvalue weighted by atomic mass is 9.93. The highest BCUT2D eigenvalue weighted by atomic mass is 32.1. The summed E-state index contributed by atoms with van der Waals surface area (Å²) < 4.78 is 11.6. The van der Waals surface area contributed by atoms with E-state index in [4.69, 9.17) is 9.47 Å². The van der Waals surface area contributed by atoms with Crippen LogP contribution in [0.25, 0.3) is 0 Å². The molecule has 4 rings (SSSR count). The first-order chi connectivity index (χ1) is 24.5. The first-order valence-corrected chi connectivity index (χ1v) is 19.0. The van der Waals surface area contributed by atoms with Crippen LogP contribution in [0, 0.1) is 5.92 Å².